The van der Waals surface area contributed by atoms with E-state index in [2.05, 4.69) is 10.3 Å². The first-order valence-corrected chi connectivity index (χ1v) is 9.19. The molecule has 0 saturated heterocycles. The summed E-state index contributed by atoms with van der Waals surface area (Å²) < 4.78 is 11.0. The van der Waals surface area contributed by atoms with Crippen LogP contribution in [0.15, 0.2) is 60.7 Å². The van der Waals surface area contributed by atoms with Crippen LogP contribution in [0.5, 0.6) is 11.5 Å². The summed E-state index contributed by atoms with van der Waals surface area (Å²) in [5, 5.41) is 3.48. The minimum absolute atomic E-state index is 0.122. The summed E-state index contributed by atoms with van der Waals surface area (Å²) in [5.74, 6) is 1.08. The Morgan fingerprint density at radius 2 is 1.82 bits per heavy atom. The lowest BCUT2D eigenvalue weighted by atomic mass is 10.1. The van der Waals surface area contributed by atoms with Crippen molar-refractivity contribution in [1.82, 2.24) is 4.98 Å². The highest BCUT2D eigenvalue weighted by Gasteiger charge is 2.13. The van der Waals surface area contributed by atoms with Gasteiger partial charge in [0.2, 0.25) is 0 Å². The number of methoxy groups -OCH3 is 1. The zero-order valence-electron chi connectivity index (χ0n) is 15.9. The van der Waals surface area contributed by atoms with E-state index in [-0.39, 0.29) is 12.0 Å². The normalized spacial score (nSPS) is 11.7. The van der Waals surface area contributed by atoms with Gasteiger partial charge in [-0.2, -0.15) is 0 Å². The van der Waals surface area contributed by atoms with E-state index in [1.54, 1.807) is 55.6 Å². The van der Waals surface area contributed by atoms with Gasteiger partial charge in [-0.15, -0.1) is 0 Å². The van der Waals surface area contributed by atoms with Crippen LogP contribution < -0.4 is 10.1 Å². The third-order valence-electron chi connectivity index (χ3n) is 4.27. The molecule has 0 aliphatic heterocycles. The Bertz CT molecular complexity index is 974. The lowest BCUT2D eigenvalue weighted by molar-refractivity contribution is 0.102. The minimum atomic E-state index is -0.217. The molecule has 3 rings (SSSR count). The number of aryl methyl sites for hydroxylation is 1. The average molecular weight is 397 g/mol. The van der Waals surface area contributed by atoms with Crippen molar-refractivity contribution in [1.29, 1.82) is 0 Å². The third-order valence-corrected chi connectivity index (χ3v) is 4.50. The van der Waals surface area contributed by atoms with E-state index < -0.39 is 0 Å². The second-order valence-corrected chi connectivity index (χ2v) is 6.72. The Morgan fingerprint density at radius 3 is 2.46 bits per heavy atom. The molecular weight excluding hydrogens is 376 g/mol. The fraction of sp³-hybridized carbons (Fsp3) is 0.182. The summed E-state index contributed by atoms with van der Waals surface area (Å²) in [4.78, 5) is 17.0. The van der Waals surface area contributed by atoms with Gasteiger partial charge in [0.25, 0.3) is 5.91 Å². The number of pyridine rings is 1. The van der Waals surface area contributed by atoms with Crippen LogP contribution in [0.4, 0.5) is 5.69 Å². The van der Waals surface area contributed by atoms with E-state index in [0.29, 0.717) is 33.5 Å². The van der Waals surface area contributed by atoms with Gasteiger partial charge in [-0.05, 0) is 68.4 Å². The van der Waals surface area contributed by atoms with Crippen molar-refractivity contribution in [3.8, 4) is 11.5 Å². The van der Waals surface area contributed by atoms with Gasteiger partial charge in [-0.25, -0.2) is 0 Å². The van der Waals surface area contributed by atoms with Crippen LogP contribution in [0.25, 0.3) is 0 Å². The van der Waals surface area contributed by atoms with Gasteiger partial charge in [0, 0.05) is 17.8 Å². The number of nitrogens with zero attached hydrogens (tertiary/aromatic N) is 1. The Kier molecular flexibility index (Phi) is 6.29. The molecule has 1 amide bonds. The molecule has 1 heterocycles. The molecule has 0 fully saturated rings. The summed E-state index contributed by atoms with van der Waals surface area (Å²) >= 11 is 5.96. The van der Waals surface area contributed by atoms with Crippen LogP contribution in [0.2, 0.25) is 5.02 Å². The highest BCUT2D eigenvalue weighted by Crippen LogP contribution is 2.25. The number of carbonyl (C=O) groups is 1. The van der Waals surface area contributed by atoms with E-state index >= 15 is 0 Å². The largest absolute Gasteiger partial charge is 0.457 e. The van der Waals surface area contributed by atoms with Gasteiger partial charge >= 0.3 is 0 Å². The van der Waals surface area contributed by atoms with Crippen LogP contribution in [-0.2, 0) is 4.74 Å². The number of halogens is 1. The molecule has 0 aliphatic carbocycles. The van der Waals surface area contributed by atoms with E-state index in [1.807, 2.05) is 26.0 Å². The van der Waals surface area contributed by atoms with Crippen molar-refractivity contribution < 1.29 is 14.3 Å². The number of carbonyl (C=O) groups excluding carboxylic acids is 1. The molecular formula is C22H21ClN2O3. The van der Waals surface area contributed by atoms with Gasteiger partial charge in [-0.1, -0.05) is 17.7 Å². The number of hydrogen-bond acceptors (Lipinski definition) is 4. The first-order chi connectivity index (χ1) is 13.5. The standard InChI is InChI=1S/C22H21ClN2O3/c1-14-20(11-12-21(24-14)15(2)27-3)22(26)25-17-7-9-18(10-8-17)28-19-6-4-5-16(23)13-19/h4-13,15H,1-3H3,(H,25,26). The molecule has 1 N–H and O–H groups in total. The molecule has 1 atom stereocenters. The smallest absolute Gasteiger partial charge is 0.257 e. The van der Waals surface area contributed by atoms with Gasteiger partial charge < -0.3 is 14.8 Å². The molecule has 144 valence electrons. The molecule has 2 aromatic carbocycles. The quantitative estimate of drug-likeness (QED) is 0.572. The maximum atomic E-state index is 12.6. The molecule has 1 aromatic heterocycles. The van der Waals surface area contributed by atoms with Crippen LogP contribution >= 0.6 is 11.6 Å². The van der Waals surface area contributed by atoms with Crippen molar-refractivity contribution in [2.24, 2.45) is 0 Å². The highest BCUT2D eigenvalue weighted by molar-refractivity contribution is 6.30. The van der Waals surface area contributed by atoms with Crippen molar-refractivity contribution >= 4 is 23.2 Å². The van der Waals surface area contributed by atoms with E-state index in [4.69, 9.17) is 21.1 Å². The third kappa shape index (κ3) is 4.88. The summed E-state index contributed by atoms with van der Waals surface area (Å²) in [6, 6.07) is 17.9. The summed E-state index contributed by atoms with van der Waals surface area (Å²) in [6.45, 7) is 3.72. The average Bonchev–Trinajstić information content (AvgIpc) is 2.68. The SMILES string of the molecule is COC(C)c1ccc(C(=O)Nc2ccc(Oc3cccc(Cl)c3)cc2)c(C)n1. The van der Waals surface area contributed by atoms with Crippen molar-refractivity contribution in [2.75, 3.05) is 12.4 Å². The first-order valence-electron chi connectivity index (χ1n) is 8.81. The van der Waals surface area contributed by atoms with Crippen LogP contribution in [0.3, 0.4) is 0 Å². The lowest BCUT2D eigenvalue weighted by Gasteiger charge is -2.12. The summed E-state index contributed by atoms with van der Waals surface area (Å²) in [7, 11) is 1.63. The number of amides is 1. The molecule has 28 heavy (non-hydrogen) atoms. The monoisotopic (exact) mass is 396 g/mol. The van der Waals surface area contributed by atoms with Crippen LogP contribution in [0.1, 0.15) is 34.8 Å². The van der Waals surface area contributed by atoms with E-state index in [0.717, 1.165) is 5.69 Å². The molecule has 0 bridgehead atoms. The maximum Gasteiger partial charge on any atom is 0.257 e. The van der Waals surface area contributed by atoms with Crippen molar-refractivity contribution in [3.63, 3.8) is 0 Å². The number of nitrogens with one attached hydrogen (secondary N) is 1. The molecule has 6 heteroatoms. The maximum absolute atomic E-state index is 12.6. The summed E-state index contributed by atoms with van der Waals surface area (Å²) in [6.07, 6.45) is -0.122. The second kappa shape index (κ2) is 8.87. The zero-order chi connectivity index (χ0) is 20.1. The fourth-order valence-corrected chi connectivity index (χ4v) is 2.82. The predicted octanol–water partition coefficient (Wildman–Crippen LogP) is 5.80. The Morgan fingerprint density at radius 1 is 1.07 bits per heavy atom. The molecule has 0 radical (unpaired) electrons. The molecule has 0 spiro atoms. The highest BCUT2D eigenvalue weighted by atomic mass is 35.5. The van der Waals surface area contributed by atoms with Gasteiger partial charge in [0.05, 0.1) is 23.1 Å². The van der Waals surface area contributed by atoms with Gasteiger partial charge in [0.15, 0.2) is 0 Å². The Hall–Kier alpha value is -2.89. The molecule has 0 aliphatic rings. The van der Waals surface area contributed by atoms with Crippen LogP contribution in [0, 0.1) is 6.92 Å². The van der Waals surface area contributed by atoms with Gasteiger partial charge in [-0.3, -0.25) is 9.78 Å². The predicted molar refractivity (Wildman–Crippen MR) is 110 cm³/mol. The molecule has 0 saturated carbocycles. The van der Waals surface area contributed by atoms with Crippen molar-refractivity contribution in [2.45, 2.75) is 20.0 Å². The zero-order valence-corrected chi connectivity index (χ0v) is 16.7. The van der Waals surface area contributed by atoms with E-state index in [9.17, 15) is 4.79 Å². The van der Waals surface area contributed by atoms with E-state index in [1.165, 1.54) is 0 Å². The minimum Gasteiger partial charge on any atom is -0.457 e. The fourth-order valence-electron chi connectivity index (χ4n) is 2.64. The summed E-state index contributed by atoms with van der Waals surface area (Å²) in [5.41, 5.74) is 2.63. The van der Waals surface area contributed by atoms with Crippen LogP contribution in [-0.4, -0.2) is 18.0 Å². The number of hydrogen-bond donors (Lipinski definition) is 1. The second-order valence-electron chi connectivity index (χ2n) is 6.28. The number of benzene rings is 2. The van der Waals surface area contributed by atoms with Crippen molar-refractivity contribution in [3.05, 3.63) is 82.6 Å². The lowest BCUT2D eigenvalue weighted by Crippen LogP contribution is -2.15. The first kappa shape index (κ1) is 19.9. The molecule has 1 unspecified atom stereocenters. The molecule has 5 nitrogen and oxygen atoms in total. The number of rotatable bonds is 6. The van der Waals surface area contributed by atoms with Gasteiger partial charge in [0.1, 0.15) is 11.5 Å². The number of anilines is 1. The number of ether oxygens (including phenoxy) is 2. The number of aromatic nitrogens is 1. The Labute approximate surface area is 169 Å². The Balaban J connectivity index is 1.67. The topological polar surface area (TPSA) is 60.5 Å². The molecule has 3 aromatic rings.